The number of halogens is 1. The fraction of sp³-hybridized carbons (Fsp3) is 0.400. The van der Waals surface area contributed by atoms with Gasteiger partial charge in [-0.3, -0.25) is 24.0 Å². The van der Waals surface area contributed by atoms with Crippen molar-refractivity contribution in [3.63, 3.8) is 0 Å². The largest absolute Gasteiger partial charge is 0.495 e. The summed E-state index contributed by atoms with van der Waals surface area (Å²) in [5.41, 5.74) is 4.32. The number of aliphatic hydroxyl groups is 1. The van der Waals surface area contributed by atoms with Crippen molar-refractivity contribution < 1.29 is 38.6 Å². The molecular weight excluding hydrogens is 888 g/mol. The van der Waals surface area contributed by atoms with Crippen molar-refractivity contribution >= 4 is 74.3 Å². The lowest BCUT2D eigenvalue weighted by Gasteiger charge is -2.40. The molecule has 6 N–H and O–H groups in total. The van der Waals surface area contributed by atoms with Crippen LogP contribution in [0.3, 0.4) is 0 Å². The van der Waals surface area contributed by atoms with Crippen LogP contribution in [0.1, 0.15) is 70.9 Å². The summed E-state index contributed by atoms with van der Waals surface area (Å²) >= 11 is 3.49. The van der Waals surface area contributed by atoms with E-state index in [1.165, 1.54) is 7.11 Å². The number of rotatable bonds is 19. The predicted molar refractivity (Wildman–Crippen MR) is 243 cm³/mol. The third kappa shape index (κ3) is 10.6. The number of likely N-dealkylation sites (N-methyl/N-ethyl adjacent to an activating group) is 1. The van der Waals surface area contributed by atoms with E-state index in [0.29, 0.717) is 110 Å². The lowest BCUT2D eigenvalue weighted by molar-refractivity contribution is -0.129. The molecule has 0 aliphatic carbocycles. The molecule has 3 aliphatic heterocycles. The lowest BCUT2D eigenvalue weighted by atomic mass is 10.0. The summed E-state index contributed by atoms with van der Waals surface area (Å²) in [6.45, 7) is 4.86. The fourth-order valence-electron chi connectivity index (χ4n) is 8.05. The minimum atomic E-state index is -1.14. The number of amides is 5. The van der Waals surface area contributed by atoms with Crippen molar-refractivity contribution in [2.75, 3.05) is 67.4 Å². The van der Waals surface area contributed by atoms with Crippen LogP contribution in [0.4, 0.5) is 28.8 Å². The summed E-state index contributed by atoms with van der Waals surface area (Å²) < 4.78 is 12.3. The Labute approximate surface area is 379 Å². The van der Waals surface area contributed by atoms with E-state index in [-0.39, 0.29) is 48.9 Å². The van der Waals surface area contributed by atoms with Gasteiger partial charge in [-0.25, -0.2) is 4.98 Å². The van der Waals surface area contributed by atoms with Gasteiger partial charge in [0.2, 0.25) is 23.7 Å². The highest BCUT2D eigenvalue weighted by Gasteiger charge is 2.40. The molecule has 5 amide bonds. The molecule has 7 rings (SSSR count). The SMILES string of the molecule is CC[C@@H]1C(=O)N(C)c2cnc(Nc3ccc(C(=O)NCCOCCNCCCC(=O)Nc4cccc5c4CN(C4CCC(=O)NC4O)C5=O)cc3OC)nc2N1Cc1ccc(Br)cc1. The summed E-state index contributed by atoms with van der Waals surface area (Å²) in [6.07, 6.45) is 2.53. The molecule has 1 saturated heterocycles. The van der Waals surface area contributed by atoms with Gasteiger partial charge < -0.3 is 55.9 Å². The van der Waals surface area contributed by atoms with Crippen LogP contribution in [0.25, 0.3) is 0 Å². The Morgan fingerprint density at radius 3 is 2.58 bits per heavy atom. The third-order valence-electron chi connectivity index (χ3n) is 11.5. The first-order chi connectivity index (χ1) is 30.9. The van der Waals surface area contributed by atoms with Crippen LogP contribution in [-0.4, -0.2) is 115 Å². The van der Waals surface area contributed by atoms with E-state index >= 15 is 0 Å². The zero-order valence-corrected chi connectivity index (χ0v) is 37.6. The van der Waals surface area contributed by atoms with Crippen molar-refractivity contribution in [1.29, 1.82) is 0 Å². The summed E-state index contributed by atoms with van der Waals surface area (Å²) in [7, 11) is 3.25. The molecular formula is C45H53BrN10O8. The number of hydrogen-bond donors (Lipinski definition) is 6. The van der Waals surface area contributed by atoms with Crippen LogP contribution in [0.2, 0.25) is 0 Å². The van der Waals surface area contributed by atoms with Gasteiger partial charge in [-0.15, -0.1) is 0 Å². The molecule has 0 spiro atoms. The maximum absolute atomic E-state index is 13.3. The zero-order chi connectivity index (χ0) is 45.3. The Morgan fingerprint density at radius 2 is 1.81 bits per heavy atom. The first kappa shape index (κ1) is 45.9. The molecule has 3 aliphatic rings. The number of piperidine rings is 1. The van der Waals surface area contributed by atoms with Crippen molar-refractivity contribution in [1.82, 2.24) is 30.8 Å². The highest BCUT2D eigenvalue weighted by Crippen LogP contribution is 2.38. The van der Waals surface area contributed by atoms with Gasteiger partial charge in [-0.2, -0.15) is 4.98 Å². The molecule has 64 heavy (non-hydrogen) atoms. The van der Waals surface area contributed by atoms with Crippen molar-refractivity contribution in [3.05, 3.63) is 93.6 Å². The second-order valence-corrected chi connectivity index (χ2v) is 16.6. The number of methoxy groups -OCH3 is 1. The molecule has 0 bridgehead atoms. The Bertz CT molecular complexity index is 2370. The Morgan fingerprint density at radius 1 is 1.02 bits per heavy atom. The maximum Gasteiger partial charge on any atom is 0.254 e. The number of aromatic nitrogens is 2. The molecule has 4 aromatic rings. The second-order valence-electron chi connectivity index (χ2n) is 15.7. The number of nitrogens with one attached hydrogen (secondary N) is 5. The van der Waals surface area contributed by atoms with Crippen molar-refractivity contribution in [2.45, 2.75) is 70.4 Å². The first-order valence-electron chi connectivity index (χ1n) is 21.3. The summed E-state index contributed by atoms with van der Waals surface area (Å²) in [5.74, 6) is 0.369. The van der Waals surface area contributed by atoms with Crippen LogP contribution < -0.4 is 41.1 Å². The van der Waals surface area contributed by atoms with Crippen LogP contribution in [-0.2, 0) is 32.2 Å². The summed E-state index contributed by atoms with van der Waals surface area (Å²) in [5, 5.41) is 25.1. The van der Waals surface area contributed by atoms with E-state index in [9.17, 15) is 29.1 Å². The number of nitrogens with zero attached hydrogens (tertiary/aromatic N) is 5. The number of anilines is 5. The number of aliphatic hydroxyl groups excluding tert-OH is 1. The number of hydrogen-bond acceptors (Lipinski definition) is 13. The molecule has 1 fully saturated rings. The topological polar surface area (TPSA) is 220 Å². The molecule has 338 valence electrons. The van der Waals surface area contributed by atoms with Gasteiger partial charge in [-0.05, 0) is 73.8 Å². The van der Waals surface area contributed by atoms with Crippen LogP contribution >= 0.6 is 15.9 Å². The van der Waals surface area contributed by atoms with E-state index < -0.39 is 18.3 Å². The van der Waals surface area contributed by atoms with E-state index in [2.05, 4.69) is 47.5 Å². The highest BCUT2D eigenvalue weighted by atomic mass is 79.9. The Balaban J connectivity index is 0.814. The molecule has 0 radical (unpaired) electrons. The van der Waals surface area contributed by atoms with Crippen molar-refractivity contribution in [3.8, 4) is 5.75 Å². The van der Waals surface area contributed by atoms with Gasteiger partial charge in [-0.1, -0.05) is 41.1 Å². The predicted octanol–water partition coefficient (Wildman–Crippen LogP) is 4.06. The normalized spacial score (nSPS) is 18.0. The number of benzene rings is 3. The molecule has 18 nitrogen and oxygen atoms in total. The first-order valence-corrected chi connectivity index (χ1v) is 22.1. The van der Waals surface area contributed by atoms with E-state index in [1.807, 2.05) is 36.1 Å². The molecule has 19 heteroatoms. The van der Waals surface area contributed by atoms with Crippen molar-refractivity contribution in [2.24, 2.45) is 0 Å². The fourth-order valence-corrected chi connectivity index (χ4v) is 8.32. The average Bonchev–Trinajstić information content (AvgIpc) is 3.63. The minimum Gasteiger partial charge on any atom is -0.495 e. The third-order valence-corrected chi connectivity index (χ3v) is 12.0. The zero-order valence-electron chi connectivity index (χ0n) is 36.0. The van der Waals surface area contributed by atoms with Gasteiger partial charge in [0.1, 0.15) is 23.7 Å². The van der Waals surface area contributed by atoms with Gasteiger partial charge in [0.15, 0.2) is 5.82 Å². The van der Waals surface area contributed by atoms with E-state index in [0.717, 1.165) is 10.0 Å². The van der Waals surface area contributed by atoms with Crippen LogP contribution in [0, 0.1) is 0 Å². The van der Waals surface area contributed by atoms with Gasteiger partial charge in [0.05, 0.1) is 38.2 Å². The van der Waals surface area contributed by atoms with Gasteiger partial charge >= 0.3 is 0 Å². The van der Waals surface area contributed by atoms with E-state index in [1.54, 1.807) is 59.4 Å². The Kier molecular flexibility index (Phi) is 15.1. The molecule has 0 saturated carbocycles. The average molecular weight is 942 g/mol. The summed E-state index contributed by atoms with van der Waals surface area (Å²) in [4.78, 5) is 78.4. The highest BCUT2D eigenvalue weighted by molar-refractivity contribution is 9.10. The Hall–Kier alpha value is -6.15. The lowest BCUT2D eigenvalue weighted by Crippen LogP contribution is -2.55. The monoisotopic (exact) mass is 940 g/mol. The molecule has 4 heterocycles. The summed E-state index contributed by atoms with van der Waals surface area (Å²) in [6, 6.07) is 17.2. The quantitative estimate of drug-likeness (QED) is 0.0732. The van der Waals surface area contributed by atoms with Crippen LogP contribution in [0.5, 0.6) is 5.75 Å². The number of ether oxygens (including phenoxy) is 2. The maximum atomic E-state index is 13.3. The van der Waals surface area contributed by atoms with Gasteiger partial charge in [0.25, 0.3) is 11.8 Å². The van der Waals surface area contributed by atoms with E-state index in [4.69, 9.17) is 14.5 Å². The number of carbonyl (C=O) groups excluding carboxylic acids is 5. The second kappa shape index (κ2) is 21.0. The van der Waals surface area contributed by atoms with Gasteiger partial charge in [0, 0.05) is 72.9 Å². The standard InChI is InChI=1S/C45H53BrN10O8/c1-4-34-44(62)54(2)36-24-49-45(53-40(36)55(34)25-27-10-13-29(46)14-11-27)51-33-15-12-28(23-37(33)63-3)41(59)48-20-22-64-21-19-47-18-6-9-38(57)50-32-8-5-7-30-31(32)26-56(43(30)61)35-16-17-39(58)52-42(35)60/h5,7-8,10-15,23-24,34-35,42,47,60H,4,6,9,16-22,25-26H2,1-3H3,(H,48,59)(H,50,57)(H,52,58)(H,49,51,53)/t34-,35?,42?/m1/s1. The number of carbonyl (C=O) groups is 5. The molecule has 1 aromatic heterocycles. The number of fused-ring (bicyclic) bond motifs is 2. The molecule has 2 unspecified atom stereocenters. The minimum absolute atomic E-state index is 0.0244. The molecule has 3 atom stereocenters. The smallest absolute Gasteiger partial charge is 0.254 e. The van der Waals surface area contributed by atoms with Crippen LogP contribution in [0.15, 0.2) is 71.3 Å². The molecule has 3 aromatic carbocycles.